The molecule has 0 radical (unpaired) electrons. The molecular formula is C11H15N3. The lowest BCUT2D eigenvalue weighted by Crippen LogP contribution is -1.98. The summed E-state index contributed by atoms with van der Waals surface area (Å²) in [4.78, 5) is 4.11. The lowest BCUT2D eigenvalue weighted by atomic mass is 10.2. The SMILES string of the molecule is Cc1cn(C(C)C)c2ccnc(N)c12. The van der Waals surface area contributed by atoms with E-state index in [2.05, 4.69) is 36.5 Å². The van der Waals surface area contributed by atoms with Crippen LogP contribution in [0.4, 0.5) is 5.82 Å². The van der Waals surface area contributed by atoms with Gasteiger partial charge in [0.25, 0.3) is 0 Å². The molecule has 2 aromatic heterocycles. The molecule has 0 aliphatic carbocycles. The molecule has 2 N–H and O–H groups in total. The van der Waals surface area contributed by atoms with Gasteiger partial charge in [-0.05, 0) is 32.4 Å². The lowest BCUT2D eigenvalue weighted by molar-refractivity contribution is 0.622. The zero-order valence-corrected chi connectivity index (χ0v) is 8.78. The van der Waals surface area contributed by atoms with Crippen molar-refractivity contribution < 1.29 is 0 Å². The summed E-state index contributed by atoms with van der Waals surface area (Å²) in [5.41, 5.74) is 8.21. The van der Waals surface area contributed by atoms with Crippen molar-refractivity contribution in [2.45, 2.75) is 26.8 Å². The fourth-order valence-corrected chi connectivity index (χ4v) is 1.86. The minimum absolute atomic E-state index is 0.452. The second-order valence-electron chi connectivity index (χ2n) is 3.90. The van der Waals surface area contributed by atoms with Crippen molar-refractivity contribution in [3.05, 3.63) is 24.0 Å². The Morgan fingerprint density at radius 1 is 1.43 bits per heavy atom. The van der Waals surface area contributed by atoms with Crippen LogP contribution in [0.15, 0.2) is 18.5 Å². The van der Waals surface area contributed by atoms with Gasteiger partial charge < -0.3 is 10.3 Å². The third kappa shape index (κ3) is 1.16. The van der Waals surface area contributed by atoms with Crippen molar-refractivity contribution in [2.75, 3.05) is 5.73 Å². The maximum atomic E-state index is 5.85. The Morgan fingerprint density at radius 2 is 2.14 bits per heavy atom. The number of anilines is 1. The molecule has 0 aliphatic rings. The molecule has 2 aromatic rings. The maximum Gasteiger partial charge on any atom is 0.133 e. The minimum atomic E-state index is 0.452. The zero-order chi connectivity index (χ0) is 10.3. The standard InChI is InChI=1S/C11H15N3/c1-7(2)14-6-8(3)10-9(14)4-5-13-11(10)12/h4-7H,1-3H3,(H2,12,13). The molecule has 2 heterocycles. The van der Waals surface area contributed by atoms with Crippen LogP contribution < -0.4 is 5.73 Å². The average Bonchev–Trinajstić information content (AvgIpc) is 2.45. The molecule has 74 valence electrons. The third-order valence-electron chi connectivity index (χ3n) is 2.52. The molecule has 0 saturated heterocycles. The summed E-state index contributed by atoms with van der Waals surface area (Å²) in [6, 6.07) is 2.46. The molecule has 0 atom stereocenters. The summed E-state index contributed by atoms with van der Waals surface area (Å²) >= 11 is 0. The normalized spacial score (nSPS) is 11.4. The van der Waals surface area contributed by atoms with E-state index in [4.69, 9.17) is 5.73 Å². The molecule has 0 saturated carbocycles. The topological polar surface area (TPSA) is 43.8 Å². The van der Waals surface area contributed by atoms with E-state index in [1.54, 1.807) is 6.20 Å². The van der Waals surface area contributed by atoms with Gasteiger partial charge in [-0.2, -0.15) is 0 Å². The Hall–Kier alpha value is -1.51. The van der Waals surface area contributed by atoms with E-state index in [9.17, 15) is 0 Å². The molecule has 3 nitrogen and oxygen atoms in total. The summed E-state index contributed by atoms with van der Waals surface area (Å²) in [6.07, 6.45) is 3.89. The molecular weight excluding hydrogens is 174 g/mol. The average molecular weight is 189 g/mol. The second-order valence-corrected chi connectivity index (χ2v) is 3.90. The Bertz CT molecular complexity index is 469. The largest absolute Gasteiger partial charge is 0.383 e. The highest BCUT2D eigenvalue weighted by atomic mass is 15.0. The minimum Gasteiger partial charge on any atom is -0.383 e. The van der Waals surface area contributed by atoms with Crippen molar-refractivity contribution in [1.82, 2.24) is 9.55 Å². The number of nitrogens with zero attached hydrogens (tertiary/aromatic N) is 2. The zero-order valence-electron chi connectivity index (χ0n) is 8.78. The van der Waals surface area contributed by atoms with Crippen molar-refractivity contribution >= 4 is 16.7 Å². The van der Waals surface area contributed by atoms with E-state index in [0.717, 1.165) is 5.39 Å². The fourth-order valence-electron chi connectivity index (χ4n) is 1.86. The van der Waals surface area contributed by atoms with E-state index in [0.29, 0.717) is 11.9 Å². The summed E-state index contributed by atoms with van der Waals surface area (Å²) in [6.45, 7) is 6.39. The number of aromatic nitrogens is 2. The highest BCUT2D eigenvalue weighted by Crippen LogP contribution is 2.26. The molecule has 3 heteroatoms. The number of rotatable bonds is 1. The summed E-state index contributed by atoms with van der Waals surface area (Å²) in [5.74, 6) is 0.624. The number of nitrogens with two attached hydrogens (primary N) is 1. The van der Waals surface area contributed by atoms with Crippen LogP contribution in [0.3, 0.4) is 0 Å². The predicted molar refractivity (Wildman–Crippen MR) is 59.3 cm³/mol. The van der Waals surface area contributed by atoms with E-state index >= 15 is 0 Å². The second kappa shape index (κ2) is 3.01. The summed E-state index contributed by atoms with van der Waals surface area (Å²) in [7, 11) is 0. The predicted octanol–water partition coefficient (Wildman–Crippen LogP) is 2.51. The van der Waals surface area contributed by atoms with Gasteiger partial charge in [-0.1, -0.05) is 0 Å². The van der Waals surface area contributed by atoms with Crippen molar-refractivity contribution in [3.63, 3.8) is 0 Å². The Labute approximate surface area is 83.6 Å². The number of aryl methyl sites for hydroxylation is 1. The molecule has 0 bridgehead atoms. The first kappa shape index (κ1) is 9.06. The van der Waals surface area contributed by atoms with Crippen LogP contribution in [-0.4, -0.2) is 9.55 Å². The first-order valence-electron chi connectivity index (χ1n) is 4.83. The smallest absolute Gasteiger partial charge is 0.133 e. The molecule has 0 aromatic carbocycles. The summed E-state index contributed by atoms with van der Waals surface area (Å²) < 4.78 is 2.22. The highest BCUT2D eigenvalue weighted by Gasteiger charge is 2.09. The van der Waals surface area contributed by atoms with E-state index in [-0.39, 0.29) is 0 Å². The molecule has 14 heavy (non-hydrogen) atoms. The van der Waals surface area contributed by atoms with E-state index in [1.807, 2.05) is 6.07 Å². The number of fused-ring (bicyclic) bond motifs is 1. The van der Waals surface area contributed by atoms with Gasteiger partial charge in [0.05, 0.1) is 5.52 Å². The van der Waals surface area contributed by atoms with Gasteiger partial charge in [-0.15, -0.1) is 0 Å². The van der Waals surface area contributed by atoms with Crippen LogP contribution in [0.1, 0.15) is 25.5 Å². The molecule has 0 aliphatic heterocycles. The van der Waals surface area contributed by atoms with Gasteiger partial charge in [-0.25, -0.2) is 4.98 Å². The molecule has 0 amide bonds. The van der Waals surface area contributed by atoms with Crippen LogP contribution in [-0.2, 0) is 0 Å². The van der Waals surface area contributed by atoms with Crippen molar-refractivity contribution in [3.8, 4) is 0 Å². The quantitative estimate of drug-likeness (QED) is 0.749. The first-order valence-corrected chi connectivity index (χ1v) is 4.83. The van der Waals surface area contributed by atoms with Gasteiger partial charge in [0.15, 0.2) is 0 Å². The van der Waals surface area contributed by atoms with Crippen LogP contribution in [0.5, 0.6) is 0 Å². The molecule has 0 spiro atoms. The fraction of sp³-hybridized carbons (Fsp3) is 0.364. The van der Waals surface area contributed by atoms with Gasteiger partial charge in [0.2, 0.25) is 0 Å². The van der Waals surface area contributed by atoms with Gasteiger partial charge >= 0.3 is 0 Å². The van der Waals surface area contributed by atoms with Crippen LogP contribution >= 0.6 is 0 Å². The Morgan fingerprint density at radius 3 is 2.79 bits per heavy atom. The van der Waals surface area contributed by atoms with Gasteiger partial charge in [-0.3, -0.25) is 0 Å². The van der Waals surface area contributed by atoms with Crippen LogP contribution in [0.25, 0.3) is 10.9 Å². The van der Waals surface area contributed by atoms with Crippen molar-refractivity contribution in [2.24, 2.45) is 0 Å². The van der Waals surface area contributed by atoms with Gasteiger partial charge in [0, 0.05) is 23.8 Å². The lowest BCUT2D eigenvalue weighted by Gasteiger charge is -2.08. The van der Waals surface area contributed by atoms with E-state index in [1.165, 1.54) is 11.1 Å². The third-order valence-corrected chi connectivity index (χ3v) is 2.52. The van der Waals surface area contributed by atoms with E-state index < -0.39 is 0 Å². The Kier molecular flexibility index (Phi) is 1.95. The van der Waals surface area contributed by atoms with Gasteiger partial charge in [0.1, 0.15) is 5.82 Å². The Balaban J connectivity index is 2.84. The molecule has 0 unspecified atom stereocenters. The molecule has 0 fully saturated rings. The van der Waals surface area contributed by atoms with Crippen molar-refractivity contribution in [1.29, 1.82) is 0 Å². The number of pyridine rings is 1. The highest BCUT2D eigenvalue weighted by molar-refractivity contribution is 5.92. The number of hydrogen-bond donors (Lipinski definition) is 1. The molecule has 2 rings (SSSR count). The maximum absolute atomic E-state index is 5.85. The first-order chi connectivity index (χ1) is 6.61. The monoisotopic (exact) mass is 189 g/mol. The number of hydrogen-bond acceptors (Lipinski definition) is 2. The summed E-state index contributed by atoms with van der Waals surface area (Å²) in [5, 5.41) is 1.08. The number of nitrogen functional groups attached to an aromatic ring is 1. The van der Waals surface area contributed by atoms with Crippen LogP contribution in [0.2, 0.25) is 0 Å². The van der Waals surface area contributed by atoms with Crippen LogP contribution in [0, 0.1) is 6.92 Å².